The number of rotatable bonds is 11. The molecule has 0 rings (SSSR count). The molecule has 0 saturated carbocycles. The fourth-order valence-electron chi connectivity index (χ4n) is 2.81. The fraction of sp³-hybridized carbons (Fsp3) is 0.882. The third kappa shape index (κ3) is 8.50. The van der Waals surface area contributed by atoms with Crippen molar-refractivity contribution < 1.29 is 9.53 Å². The van der Waals surface area contributed by atoms with Crippen LogP contribution in [0.1, 0.15) is 79.6 Å². The first kappa shape index (κ1) is 20.5. The smallest absolute Gasteiger partial charge is 0.302 e. The Morgan fingerprint density at radius 3 is 2.38 bits per heavy atom. The van der Waals surface area contributed by atoms with Crippen LogP contribution in [-0.4, -0.2) is 24.0 Å². The molecule has 0 fully saturated rings. The molecule has 0 aliphatic heterocycles. The Kier molecular flexibility index (Phi) is 10.8. The van der Waals surface area contributed by atoms with Crippen LogP contribution in [0.3, 0.4) is 0 Å². The quantitative estimate of drug-likeness (QED) is 0.221. The zero-order valence-corrected chi connectivity index (χ0v) is 15.5. The van der Waals surface area contributed by atoms with Crippen molar-refractivity contribution in [2.75, 3.05) is 6.26 Å². The van der Waals surface area contributed by atoms with Crippen molar-refractivity contribution in [2.24, 2.45) is 9.81 Å². The lowest BCUT2D eigenvalue weighted by Crippen LogP contribution is -2.36. The minimum absolute atomic E-state index is 0.00827. The molecule has 0 aliphatic rings. The van der Waals surface area contributed by atoms with Gasteiger partial charge in [0.2, 0.25) is 0 Å². The summed E-state index contributed by atoms with van der Waals surface area (Å²) in [6.07, 6.45) is 9.63. The van der Waals surface area contributed by atoms with Crippen LogP contribution in [0.2, 0.25) is 0 Å². The molecule has 2 unspecified atom stereocenters. The summed E-state index contributed by atoms with van der Waals surface area (Å²) in [5.74, 6) is -0.168. The third-order valence-electron chi connectivity index (χ3n) is 4.11. The molecule has 21 heavy (non-hydrogen) atoms. The van der Waals surface area contributed by atoms with E-state index in [0.29, 0.717) is 0 Å². The summed E-state index contributed by atoms with van der Waals surface area (Å²) in [5, 5.41) is 0. The highest BCUT2D eigenvalue weighted by Gasteiger charge is 2.34. The van der Waals surface area contributed by atoms with Crippen molar-refractivity contribution in [2.45, 2.75) is 85.7 Å². The van der Waals surface area contributed by atoms with E-state index in [9.17, 15) is 4.79 Å². The first-order valence-electron chi connectivity index (χ1n) is 8.13. The third-order valence-corrected chi connectivity index (χ3v) is 4.61. The number of ether oxygens (including phenoxy) is 1. The molecule has 0 aliphatic carbocycles. The van der Waals surface area contributed by atoms with Crippen LogP contribution >= 0.6 is 11.9 Å². The molecule has 124 valence electrons. The van der Waals surface area contributed by atoms with E-state index in [1.807, 2.05) is 6.26 Å². The lowest BCUT2D eigenvalue weighted by molar-refractivity contribution is -0.154. The molecule has 0 spiro atoms. The van der Waals surface area contributed by atoms with Crippen molar-refractivity contribution in [1.82, 2.24) is 0 Å². The molecule has 0 N–H and O–H groups in total. The van der Waals surface area contributed by atoms with Crippen LogP contribution in [-0.2, 0) is 9.53 Å². The molecular weight excluding hydrogens is 282 g/mol. The number of hydrogen-bond donors (Lipinski definition) is 0. The van der Waals surface area contributed by atoms with E-state index in [1.165, 1.54) is 43.8 Å². The molecule has 0 heterocycles. The van der Waals surface area contributed by atoms with Gasteiger partial charge in [-0.2, -0.15) is 0 Å². The predicted octanol–water partition coefficient (Wildman–Crippen LogP) is 5.43. The zero-order chi connectivity index (χ0) is 16.3. The number of carbonyl (C=O) groups excluding carboxylic acids is 1. The van der Waals surface area contributed by atoms with Crippen molar-refractivity contribution >= 4 is 23.6 Å². The van der Waals surface area contributed by atoms with Gasteiger partial charge in [-0.05, 0) is 44.6 Å². The number of nitrogens with zero attached hydrogens (tertiary/aromatic N) is 1. The van der Waals surface area contributed by atoms with E-state index in [1.54, 1.807) is 0 Å². The van der Waals surface area contributed by atoms with Crippen molar-refractivity contribution in [3.8, 4) is 0 Å². The number of esters is 1. The summed E-state index contributed by atoms with van der Waals surface area (Å²) in [5.41, 5.74) is 1.21. The van der Waals surface area contributed by atoms with Gasteiger partial charge in [0.25, 0.3) is 0 Å². The number of hydrogen-bond acceptors (Lipinski definition) is 4. The average Bonchev–Trinajstić information content (AvgIpc) is 2.43. The lowest BCUT2D eigenvalue weighted by atomic mass is 9.74. The first-order chi connectivity index (χ1) is 9.89. The Labute approximate surface area is 135 Å². The minimum atomic E-state index is -0.168. The fourth-order valence-corrected chi connectivity index (χ4v) is 3.22. The maximum absolute atomic E-state index is 11.4. The summed E-state index contributed by atoms with van der Waals surface area (Å²) in [7, 11) is 0. The maximum Gasteiger partial charge on any atom is 0.302 e. The molecule has 0 bridgehead atoms. The van der Waals surface area contributed by atoms with Gasteiger partial charge in [0.05, 0.1) is 0 Å². The van der Waals surface area contributed by atoms with Gasteiger partial charge in [0.1, 0.15) is 6.10 Å². The van der Waals surface area contributed by atoms with Gasteiger partial charge in [-0.25, -0.2) is 4.40 Å². The lowest BCUT2D eigenvalue weighted by Gasteiger charge is -2.37. The highest BCUT2D eigenvalue weighted by Crippen LogP contribution is 2.37. The molecule has 3 nitrogen and oxygen atoms in total. The second kappa shape index (κ2) is 11.1. The van der Waals surface area contributed by atoms with Gasteiger partial charge in [-0.3, -0.25) is 4.79 Å². The number of unbranched alkanes of at least 4 members (excludes halogenated alkanes) is 2. The number of carbonyl (C=O) groups is 1. The Bertz CT molecular complexity index is 331. The summed E-state index contributed by atoms with van der Waals surface area (Å²) in [6, 6.07) is 0. The maximum atomic E-state index is 11.4. The standard InChI is InChI=1S/C17H33NO2S/c1-7-9-10-12-17(5,13-11-14(3)18-21-6)16(8-2)20-15(4)19/h16H,7-13H2,1-6H3/b18-14+. The van der Waals surface area contributed by atoms with E-state index in [2.05, 4.69) is 32.1 Å². The molecule has 0 amide bonds. The molecule has 4 heteroatoms. The van der Waals surface area contributed by atoms with Gasteiger partial charge in [0.15, 0.2) is 0 Å². The normalized spacial score (nSPS) is 16.4. The van der Waals surface area contributed by atoms with E-state index < -0.39 is 0 Å². The molecular formula is C17H33NO2S. The van der Waals surface area contributed by atoms with Gasteiger partial charge in [0, 0.05) is 24.3 Å². The molecule has 0 aromatic rings. The van der Waals surface area contributed by atoms with Crippen LogP contribution in [0.25, 0.3) is 0 Å². The Balaban J connectivity index is 4.87. The predicted molar refractivity (Wildman–Crippen MR) is 94.0 cm³/mol. The highest BCUT2D eigenvalue weighted by molar-refractivity contribution is 7.97. The topological polar surface area (TPSA) is 38.7 Å². The van der Waals surface area contributed by atoms with Crippen LogP contribution in [0.5, 0.6) is 0 Å². The summed E-state index contributed by atoms with van der Waals surface area (Å²) in [6.45, 7) is 10.2. The Morgan fingerprint density at radius 1 is 1.24 bits per heavy atom. The second-order valence-electron chi connectivity index (χ2n) is 6.13. The van der Waals surface area contributed by atoms with E-state index in [0.717, 1.165) is 25.7 Å². The molecule has 0 radical (unpaired) electrons. The largest absolute Gasteiger partial charge is 0.462 e. The van der Waals surface area contributed by atoms with Crippen LogP contribution < -0.4 is 0 Å². The van der Waals surface area contributed by atoms with Crippen LogP contribution in [0.4, 0.5) is 0 Å². The van der Waals surface area contributed by atoms with Crippen molar-refractivity contribution in [1.29, 1.82) is 0 Å². The van der Waals surface area contributed by atoms with Gasteiger partial charge < -0.3 is 4.74 Å². The SMILES string of the molecule is CCCCCC(C)(CC/C(C)=N/SC)C(CC)OC(C)=O. The average molecular weight is 316 g/mol. The molecule has 0 aromatic heterocycles. The van der Waals surface area contributed by atoms with Crippen molar-refractivity contribution in [3.63, 3.8) is 0 Å². The van der Waals surface area contributed by atoms with Crippen LogP contribution in [0, 0.1) is 5.41 Å². The second-order valence-corrected chi connectivity index (χ2v) is 6.67. The first-order valence-corrected chi connectivity index (χ1v) is 9.31. The van der Waals surface area contributed by atoms with Gasteiger partial charge in [-0.1, -0.05) is 40.0 Å². The highest BCUT2D eigenvalue weighted by atomic mass is 32.2. The van der Waals surface area contributed by atoms with Gasteiger partial charge >= 0.3 is 5.97 Å². The molecule has 0 aromatic carbocycles. The van der Waals surface area contributed by atoms with Gasteiger partial charge in [-0.15, -0.1) is 0 Å². The van der Waals surface area contributed by atoms with Crippen LogP contribution in [0.15, 0.2) is 4.40 Å². The van der Waals surface area contributed by atoms with E-state index in [4.69, 9.17) is 4.74 Å². The Hall–Kier alpha value is -0.510. The summed E-state index contributed by atoms with van der Waals surface area (Å²) >= 11 is 1.51. The van der Waals surface area contributed by atoms with E-state index in [-0.39, 0.29) is 17.5 Å². The summed E-state index contributed by atoms with van der Waals surface area (Å²) in [4.78, 5) is 11.4. The Morgan fingerprint density at radius 2 is 1.90 bits per heavy atom. The van der Waals surface area contributed by atoms with E-state index >= 15 is 0 Å². The summed E-state index contributed by atoms with van der Waals surface area (Å²) < 4.78 is 10.00. The monoisotopic (exact) mass is 315 g/mol. The zero-order valence-electron chi connectivity index (χ0n) is 14.7. The molecule has 2 atom stereocenters. The van der Waals surface area contributed by atoms with Crippen molar-refractivity contribution in [3.05, 3.63) is 0 Å². The minimum Gasteiger partial charge on any atom is -0.462 e. The molecule has 0 saturated heterocycles.